The van der Waals surface area contributed by atoms with Crippen molar-refractivity contribution in [3.05, 3.63) is 111 Å². The first-order valence-electron chi connectivity index (χ1n) is 11.6. The smallest absolute Gasteiger partial charge is 0.271 e. The molecule has 1 fully saturated rings. The normalized spacial score (nSPS) is 15.9. The number of amides is 1. The maximum absolute atomic E-state index is 13.8. The van der Waals surface area contributed by atoms with E-state index in [1.807, 2.05) is 100 Å². The number of para-hydroxylation sites is 2. The third-order valence-corrected chi connectivity index (χ3v) is 7.37. The van der Waals surface area contributed by atoms with Gasteiger partial charge in [0.15, 0.2) is 5.17 Å². The van der Waals surface area contributed by atoms with Crippen LogP contribution in [0.1, 0.15) is 28.0 Å². The Kier molecular flexibility index (Phi) is 6.61. The first-order valence-corrected chi connectivity index (χ1v) is 12.8. The summed E-state index contributed by atoms with van der Waals surface area (Å²) >= 11 is 7.38. The van der Waals surface area contributed by atoms with Crippen LogP contribution >= 0.6 is 23.4 Å². The fourth-order valence-corrected chi connectivity index (χ4v) is 5.39. The minimum atomic E-state index is -0.119. The minimum Gasteiger partial charge on any atom is -0.457 e. The van der Waals surface area contributed by atoms with Crippen LogP contribution in [0.25, 0.3) is 17.4 Å². The molecule has 36 heavy (non-hydrogen) atoms. The van der Waals surface area contributed by atoms with E-state index in [4.69, 9.17) is 21.0 Å². The van der Waals surface area contributed by atoms with Gasteiger partial charge in [-0.2, -0.15) is 0 Å². The van der Waals surface area contributed by atoms with Crippen molar-refractivity contribution in [3.63, 3.8) is 0 Å². The Morgan fingerprint density at radius 3 is 2.08 bits per heavy atom. The second kappa shape index (κ2) is 9.84. The van der Waals surface area contributed by atoms with Gasteiger partial charge in [-0.25, -0.2) is 4.99 Å². The van der Waals surface area contributed by atoms with Crippen molar-refractivity contribution in [3.8, 4) is 11.3 Å². The average molecular weight is 513 g/mol. The van der Waals surface area contributed by atoms with Crippen molar-refractivity contribution < 1.29 is 9.21 Å². The lowest BCUT2D eigenvalue weighted by molar-refractivity contribution is -0.113. The number of benzene rings is 3. The highest BCUT2D eigenvalue weighted by atomic mass is 35.5. The highest BCUT2D eigenvalue weighted by molar-refractivity contribution is 8.19. The molecule has 0 atom stereocenters. The molecule has 1 saturated heterocycles. The molecule has 0 radical (unpaired) electrons. The number of hydrogen-bond acceptors (Lipinski definition) is 4. The Balaban J connectivity index is 1.58. The standard InChI is InChI=1S/C30H25ClN2O2S/c1-18-7-5-8-19(2)27(18)32-30-33(28-20(3)9-6-10-21(28)4)29(34)26(36-30)17-24-15-16-25(35-24)22-11-13-23(31)14-12-22/h5-17H,1-4H3/b26-17-,32-30?. The maximum Gasteiger partial charge on any atom is 0.271 e. The number of carbonyl (C=O) groups excluding carboxylic acids is 1. The van der Waals surface area contributed by atoms with Gasteiger partial charge in [0.1, 0.15) is 11.5 Å². The molecule has 0 bridgehead atoms. The van der Waals surface area contributed by atoms with Crippen LogP contribution in [0.2, 0.25) is 5.02 Å². The van der Waals surface area contributed by atoms with Crippen molar-refractivity contribution in [2.24, 2.45) is 4.99 Å². The first kappa shape index (κ1) is 24.2. The molecule has 2 heterocycles. The van der Waals surface area contributed by atoms with Crippen molar-refractivity contribution in [1.82, 2.24) is 0 Å². The van der Waals surface area contributed by atoms with E-state index in [1.165, 1.54) is 11.8 Å². The van der Waals surface area contributed by atoms with Gasteiger partial charge < -0.3 is 4.42 Å². The molecule has 6 heteroatoms. The number of hydrogen-bond donors (Lipinski definition) is 0. The summed E-state index contributed by atoms with van der Waals surface area (Å²) in [5.74, 6) is 1.20. The van der Waals surface area contributed by atoms with E-state index >= 15 is 0 Å². The van der Waals surface area contributed by atoms with Crippen LogP contribution in [0, 0.1) is 27.7 Å². The van der Waals surface area contributed by atoms with E-state index in [-0.39, 0.29) is 5.91 Å². The highest BCUT2D eigenvalue weighted by Crippen LogP contribution is 2.41. The number of anilines is 1. The van der Waals surface area contributed by atoms with Crippen molar-refractivity contribution >= 4 is 51.9 Å². The molecule has 1 amide bonds. The molecule has 4 aromatic rings. The molecule has 0 N–H and O–H groups in total. The average Bonchev–Trinajstić information content (AvgIpc) is 3.42. The molecule has 4 nitrogen and oxygen atoms in total. The van der Waals surface area contributed by atoms with Gasteiger partial charge in [-0.05, 0) is 98.1 Å². The summed E-state index contributed by atoms with van der Waals surface area (Å²) in [5, 5.41) is 1.30. The summed E-state index contributed by atoms with van der Waals surface area (Å²) in [6.07, 6.45) is 1.79. The lowest BCUT2D eigenvalue weighted by Crippen LogP contribution is -2.30. The number of halogens is 1. The van der Waals surface area contributed by atoms with Crippen molar-refractivity contribution in [2.45, 2.75) is 27.7 Å². The van der Waals surface area contributed by atoms with Crippen LogP contribution in [0.4, 0.5) is 11.4 Å². The van der Waals surface area contributed by atoms with Gasteiger partial charge in [-0.3, -0.25) is 9.69 Å². The number of aryl methyl sites for hydroxylation is 4. The van der Waals surface area contributed by atoms with Gasteiger partial charge in [0.05, 0.1) is 16.3 Å². The summed E-state index contributed by atoms with van der Waals surface area (Å²) < 4.78 is 6.06. The molecule has 5 rings (SSSR count). The van der Waals surface area contributed by atoms with E-state index in [2.05, 4.69) is 0 Å². The number of carbonyl (C=O) groups is 1. The Morgan fingerprint density at radius 1 is 0.833 bits per heavy atom. The Morgan fingerprint density at radius 2 is 1.44 bits per heavy atom. The third-order valence-electron chi connectivity index (χ3n) is 6.15. The number of aliphatic imine (C=N–C) groups is 1. The number of amidine groups is 1. The molecule has 0 unspecified atom stereocenters. The van der Waals surface area contributed by atoms with E-state index in [0.29, 0.717) is 26.6 Å². The number of rotatable bonds is 4. The Labute approximate surface area is 220 Å². The molecule has 0 aliphatic carbocycles. The van der Waals surface area contributed by atoms with E-state index in [0.717, 1.165) is 39.2 Å². The van der Waals surface area contributed by atoms with Gasteiger partial charge in [-0.15, -0.1) is 0 Å². The monoisotopic (exact) mass is 512 g/mol. The van der Waals surface area contributed by atoms with Crippen LogP contribution in [0.3, 0.4) is 0 Å². The summed E-state index contributed by atoms with van der Waals surface area (Å²) in [6.45, 7) is 8.11. The fraction of sp³-hybridized carbons (Fsp3) is 0.133. The van der Waals surface area contributed by atoms with Gasteiger partial charge in [0, 0.05) is 16.7 Å². The number of furan rings is 1. The van der Waals surface area contributed by atoms with Gasteiger partial charge >= 0.3 is 0 Å². The zero-order valence-electron chi connectivity index (χ0n) is 20.5. The van der Waals surface area contributed by atoms with Gasteiger partial charge in [0.2, 0.25) is 0 Å². The summed E-state index contributed by atoms with van der Waals surface area (Å²) in [6, 6.07) is 23.4. The van der Waals surface area contributed by atoms with Crippen LogP contribution in [-0.4, -0.2) is 11.1 Å². The molecular weight excluding hydrogens is 488 g/mol. The maximum atomic E-state index is 13.8. The van der Waals surface area contributed by atoms with Crippen molar-refractivity contribution in [1.29, 1.82) is 0 Å². The minimum absolute atomic E-state index is 0.119. The lowest BCUT2D eigenvalue weighted by Gasteiger charge is -2.21. The second-order valence-corrected chi connectivity index (χ2v) is 10.3. The molecule has 0 spiro atoms. The lowest BCUT2D eigenvalue weighted by atomic mass is 10.1. The summed E-state index contributed by atoms with van der Waals surface area (Å²) in [4.78, 5) is 21.1. The first-order chi connectivity index (χ1) is 17.3. The largest absolute Gasteiger partial charge is 0.457 e. The number of thioether (sulfide) groups is 1. The number of nitrogens with zero attached hydrogens (tertiary/aromatic N) is 2. The van der Waals surface area contributed by atoms with Crippen LogP contribution < -0.4 is 4.90 Å². The zero-order valence-corrected chi connectivity index (χ0v) is 22.1. The third kappa shape index (κ3) is 4.64. The van der Waals surface area contributed by atoms with Gasteiger partial charge in [0.25, 0.3) is 5.91 Å². The molecule has 1 aliphatic heterocycles. The predicted octanol–water partition coefficient (Wildman–Crippen LogP) is 8.64. The predicted molar refractivity (Wildman–Crippen MR) is 151 cm³/mol. The van der Waals surface area contributed by atoms with Crippen LogP contribution in [0.5, 0.6) is 0 Å². The zero-order chi connectivity index (χ0) is 25.4. The highest BCUT2D eigenvalue weighted by Gasteiger charge is 2.36. The molecular formula is C30H25ClN2O2S. The van der Waals surface area contributed by atoms with Crippen LogP contribution in [0.15, 0.2) is 87.1 Å². The van der Waals surface area contributed by atoms with E-state index < -0.39 is 0 Å². The Bertz CT molecular complexity index is 1490. The SMILES string of the molecule is Cc1cccc(C)c1N=C1S/C(=C\c2ccc(-c3ccc(Cl)cc3)o2)C(=O)N1c1c(C)cccc1C. The summed E-state index contributed by atoms with van der Waals surface area (Å²) in [5.41, 5.74) is 6.83. The van der Waals surface area contributed by atoms with E-state index in [1.54, 1.807) is 11.0 Å². The second-order valence-electron chi connectivity index (χ2n) is 8.84. The Hall–Kier alpha value is -3.54. The van der Waals surface area contributed by atoms with Crippen molar-refractivity contribution in [2.75, 3.05) is 4.90 Å². The van der Waals surface area contributed by atoms with Gasteiger partial charge in [-0.1, -0.05) is 48.0 Å². The quantitative estimate of drug-likeness (QED) is 0.257. The van der Waals surface area contributed by atoms with Crippen LogP contribution in [-0.2, 0) is 4.79 Å². The molecule has 1 aromatic heterocycles. The fourth-order valence-electron chi connectivity index (χ4n) is 4.31. The molecule has 0 saturated carbocycles. The topological polar surface area (TPSA) is 45.8 Å². The molecule has 1 aliphatic rings. The molecule has 3 aromatic carbocycles. The van der Waals surface area contributed by atoms with E-state index in [9.17, 15) is 4.79 Å². The molecule has 180 valence electrons. The summed E-state index contributed by atoms with van der Waals surface area (Å²) in [7, 11) is 0.